The van der Waals surface area contributed by atoms with Crippen LogP contribution in [0.1, 0.15) is 12.5 Å². The second kappa shape index (κ2) is 6.22. The molecule has 0 aliphatic rings. The molecular formula is C9H16N2O2S2. The maximum atomic E-state index is 11.2. The van der Waals surface area contributed by atoms with E-state index >= 15 is 0 Å². The molecule has 0 bridgehead atoms. The van der Waals surface area contributed by atoms with Crippen LogP contribution in [0.4, 0.5) is 0 Å². The van der Waals surface area contributed by atoms with Crippen molar-refractivity contribution in [3.8, 4) is 0 Å². The average molecular weight is 248 g/mol. The number of sulfonamides is 1. The minimum Gasteiger partial charge on any atom is -0.312 e. The molecule has 4 nitrogen and oxygen atoms in total. The fraction of sp³-hybridized carbons (Fsp3) is 0.556. The van der Waals surface area contributed by atoms with Crippen molar-refractivity contribution in [2.24, 2.45) is 0 Å². The molecule has 1 aromatic heterocycles. The third kappa shape index (κ3) is 5.27. The Balaban J connectivity index is 2.17. The average Bonchev–Trinajstić information content (AvgIpc) is 2.65. The molecule has 0 spiro atoms. The van der Waals surface area contributed by atoms with Gasteiger partial charge < -0.3 is 5.32 Å². The molecule has 2 N–H and O–H groups in total. The molecule has 1 heterocycles. The summed E-state index contributed by atoms with van der Waals surface area (Å²) in [4.78, 5) is 0. The molecule has 0 fully saturated rings. The topological polar surface area (TPSA) is 58.2 Å². The van der Waals surface area contributed by atoms with Crippen molar-refractivity contribution in [3.05, 3.63) is 22.4 Å². The minimum absolute atomic E-state index is 0.130. The monoisotopic (exact) mass is 248 g/mol. The Morgan fingerprint density at radius 2 is 2.27 bits per heavy atom. The second-order valence-electron chi connectivity index (χ2n) is 3.13. The SMILES string of the molecule is CCNS(=O)(=O)CCNCc1ccsc1. The van der Waals surface area contributed by atoms with Crippen LogP contribution in [0.15, 0.2) is 16.8 Å². The first-order valence-electron chi connectivity index (χ1n) is 4.83. The van der Waals surface area contributed by atoms with E-state index in [0.717, 1.165) is 6.54 Å². The van der Waals surface area contributed by atoms with Gasteiger partial charge in [0.15, 0.2) is 0 Å². The summed E-state index contributed by atoms with van der Waals surface area (Å²) >= 11 is 1.64. The lowest BCUT2D eigenvalue weighted by Gasteiger charge is -2.05. The van der Waals surface area contributed by atoms with Gasteiger partial charge in [0.2, 0.25) is 10.0 Å². The highest BCUT2D eigenvalue weighted by Gasteiger charge is 2.06. The van der Waals surface area contributed by atoms with Crippen LogP contribution in [0, 0.1) is 0 Å². The zero-order valence-corrected chi connectivity index (χ0v) is 10.3. The van der Waals surface area contributed by atoms with Gasteiger partial charge in [-0.05, 0) is 22.4 Å². The van der Waals surface area contributed by atoms with Gasteiger partial charge in [-0.25, -0.2) is 13.1 Å². The first-order chi connectivity index (χ1) is 7.14. The van der Waals surface area contributed by atoms with Crippen LogP contribution in [0.5, 0.6) is 0 Å². The summed E-state index contributed by atoms with van der Waals surface area (Å²) in [7, 11) is -3.08. The van der Waals surface area contributed by atoms with Crippen molar-refractivity contribution in [2.75, 3.05) is 18.8 Å². The summed E-state index contributed by atoms with van der Waals surface area (Å²) in [6.07, 6.45) is 0. The van der Waals surface area contributed by atoms with Crippen LogP contribution in [-0.4, -0.2) is 27.3 Å². The summed E-state index contributed by atoms with van der Waals surface area (Å²) < 4.78 is 24.9. The third-order valence-electron chi connectivity index (χ3n) is 1.82. The van der Waals surface area contributed by atoms with Gasteiger partial charge in [-0.2, -0.15) is 11.3 Å². The van der Waals surface area contributed by atoms with E-state index in [1.807, 2.05) is 16.8 Å². The zero-order valence-electron chi connectivity index (χ0n) is 8.69. The first kappa shape index (κ1) is 12.6. The number of rotatable bonds is 7. The molecule has 0 unspecified atom stereocenters. The zero-order chi connectivity index (χ0) is 11.1. The van der Waals surface area contributed by atoms with Crippen LogP contribution in [-0.2, 0) is 16.6 Å². The number of thiophene rings is 1. The Morgan fingerprint density at radius 1 is 1.47 bits per heavy atom. The number of hydrogen-bond acceptors (Lipinski definition) is 4. The molecule has 0 saturated heterocycles. The molecule has 0 saturated carbocycles. The van der Waals surface area contributed by atoms with Crippen LogP contribution in [0.2, 0.25) is 0 Å². The molecule has 1 rings (SSSR count). The van der Waals surface area contributed by atoms with Crippen molar-refractivity contribution < 1.29 is 8.42 Å². The second-order valence-corrected chi connectivity index (χ2v) is 5.83. The van der Waals surface area contributed by atoms with Gasteiger partial charge in [0.1, 0.15) is 0 Å². The van der Waals surface area contributed by atoms with E-state index in [-0.39, 0.29) is 5.75 Å². The van der Waals surface area contributed by atoms with Crippen LogP contribution in [0.3, 0.4) is 0 Å². The van der Waals surface area contributed by atoms with Crippen LogP contribution >= 0.6 is 11.3 Å². The fourth-order valence-corrected chi connectivity index (χ4v) is 2.79. The smallest absolute Gasteiger partial charge is 0.212 e. The Morgan fingerprint density at radius 3 is 2.87 bits per heavy atom. The van der Waals surface area contributed by atoms with E-state index in [4.69, 9.17) is 0 Å². The summed E-state index contributed by atoms with van der Waals surface area (Å²) in [5.74, 6) is 0.130. The fourth-order valence-electron chi connectivity index (χ4n) is 1.12. The van der Waals surface area contributed by atoms with E-state index in [9.17, 15) is 8.42 Å². The molecule has 0 aliphatic carbocycles. The third-order valence-corrected chi connectivity index (χ3v) is 4.02. The molecule has 0 atom stereocenters. The molecule has 0 radical (unpaired) electrons. The lowest BCUT2D eigenvalue weighted by molar-refractivity contribution is 0.579. The molecule has 0 aromatic carbocycles. The van der Waals surface area contributed by atoms with Crippen molar-refractivity contribution in [3.63, 3.8) is 0 Å². The minimum atomic E-state index is -3.08. The summed E-state index contributed by atoms with van der Waals surface area (Å²) in [6.45, 7) is 3.43. The number of hydrogen-bond donors (Lipinski definition) is 2. The Labute approximate surface area is 94.8 Å². The summed E-state index contributed by atoms with van der Waals surface area (Å²) in [5.41, 5.74) is 1.20. The molecular weight excluding hydrogens is 232 g/mol. The molecule has 6 heteroatoms. The van der Waals surface area contributed by atoms with E-state index < -0.39 is 10.0 Å². The van der Waals surface area contributed by atoms with Gasteiger partial charge in [0.05, 0.1) is 5.75 Å². The molecule has 1 aromatic rings. The lowest BCUT2D eigenvalue weighted by Crippen LogP contribution is -2.31. The predicted octanol–water partition coefficient (Wildman–Crippen LogP) is 0.777. The highest BCUT2D eigenvalue weighted by atomic mass is 32.2. The van der Waals surface area contributed by atoms with Gasteiger partial charge in [-0.1, -0.05) is 6.92 Å². The predicted molar refractivity (Wildman–Crippen MR) is 63.5 cm³/mol. The van der Waals surface area contributed by atoms with Gasteiger partial charge in [-0.15, -0.1) is 0 Å². The van der Waals surface area contributed by atoms with E-state index in [1.54, 1.807) is 18.3 Å². The van der Waals surface area contributed by atoms with Crippen LogP contribution < -0.4 is 10.0 Å². The molecule has 15 heavy (non-hydrogen) atoms. The maximum absolute atomic E-state index is 11.2. The first-order valence-corrected chi connectivity index (χ1v) is 7.42. The largest absolute Gasteiger partial charge is 0.312 e. The Kier molecular flexibility index (Phi) is 5.24. The highest BCUT2D eigenvalue weighted by molar-refractivity contribution is 7.89. The maximum Gasteiger partial charge on any atom is 0.212 e. The molecule has 86 valence electrons. The lowest BCUT2D eigenvalue weighted by atomic mass is 10.3. The Bertz CT molecular complexity index is 359. The number of nitrogens with one attached hydrogen (secondary N) is 2. The summed E-state index contributed by atoms with van der Waals surface area (Å²) in [6, 6.07) is 2.02. The quantitative estimate of drug-likeness (QED) is 0.701. The summed E-state index contributed by atoms with van der Waals surface area (Å²) in [5, 5.41) is 7.14. The van der Waals surface area contributed by atoms with Gasteiger partial charge in [0, 0.05) is 19.6 Å². The standard InChI is InChI=1S/C9H16N2O2S2/c1-2-11-15(12,13)6-4-10-7-9-3-5-14-8-9/h3,5,8,10-11H,2,4,6-7H2,1H3. The van der Waals surface area contributed by atoms with Crippen molar-refractivity contribution >= 4 is 21.4 Å². The van der Waals surface area contributed by atoms with Crippen molar-refractivity contribution in [1.82, 2.24) is 10.0 Å². The van der Waals surface area contributed by atoms with Crippen molar-refractivity contribution in [2.45, 2.75) is 13.5 Å². The van der Waals surface area contributed by atoms with E-state index in [2.05, 4.69) is 10.0 Å². The molecule has 0 amide bonds. The highest BCUT2D eigenvalue weighted by Crippen LogP contribution is 2.04. The van der Waals surface area contributed by atoms with Crippen LogP contribution in [0.25, 0.3) is 0 Å². The van der Waals surface area contributed by atoms with E-state index in [0.29, 0.717) is 13.1 Å². The normalized spacial score (nSPS) is 11.8. The van der Waals surface area contributed by atoms with Gasteiger partial charge in [0.25, 0.3) is 0 Å². The van der Waals surface area contributed by atoms with Gasteiger partial charge >= 0.3 is 0 Å². The van der Waals surface area contributed by atoms with Gasteiger partial charge in [-0.3, -0.25) is 0 Å². The molecule has 0 aliphatic heterocycles. The Hall–Kier alpha value is -0.430. The van der Waals surface area contributed by atoms with Crippen molar-refractivity contribution in [1.29, 1.82) is 0 Å². The van der Waals surface area contributed by atoms with E-state index in [1.165, 1.54) is 5.56 Å².